The van der Waals surface area contributed by atoms with Gasteiger partial charge in [-0.3, -0.25) is 4.55 Å². The van der Waals surface area contributed by atoms with Gasteiger partial charge in [0.05, 0.1) is 5.56 Å². The standard InChI is InChI=1S/C15H10O5S/c16-15(17)14-12-8-10-4-2-1-3-9(10)7-11(12)5-6-13(14)21(18,19)20/h1-8H,(H,16,17)(H,18,19,20). The first-order chi connectivity index (χ1) is 9.88. The number of fused-ring (bicyclic) bond motifs is 2. The highest BCUT2D eigenvalue weighted by Crippen LogP contribution is 2.29. The fraction of sp³-hybridized carbons (Fsp3) is 0. The van der Waals surface area contributed by atoms with Crippen molar-refractivity contribution in [3.05, 3.63) is 54.1 Å². The van der Waals surface area contributed by atoms with Crippen molar-refractivity contribution >= 4 is 37.6 Å². The van der Waals surface area contributed by atoms with Gasteiger partial charge >= 0.3 is 5.97 Å². The van der Waals surface area contributed by atoms with Gasteiger partial charge in [0, 0.05) is 0 Å². The van der Waals surface area contributed by atoms with E-state index in [1.54, 1.807) is 24.3 Å². The van der Waals surface area contributed by atoms with Gasteiger partial charge in [-0.1, -0.05) is 30.3 Å². The summed E-state index contributed by atoms with van der Waals surface area (Å²) in [5.74, 6) is -1.40. The Labute approximate surface area is 120 Å². The SMILES string of the molecule is O=C(O)c1c(S(=O)(=O)O)ccc2cc3ccccc3cc12. The molecule has 0 fully saturated rings. The van der Waals surface area contributed by atoms with Crippen LogP contribution in [0.25, 0.3) is 21.5 Å². The summed E-state index contributed by atoms with van der Waals surface area (Å²) in [6, 6.07) is 13.3. The Morgan fingerprint density at radius 3 is 2.10 bits per heavy atom. The van der Waals surface area contributed by atoms with Crippen molar-refractivity contribution in [3.63, 3.8) is 0 Å². The molecule has 0 unspecified atom stereocenters. The monoisotopic (exact) mass is 302 g/mol. The van der Waals surface area contributed by atoms with Crippen LogP contribution in [0.3, 0.4) is 0 Å². The first-order valence-electron chi connectivity index (χ1n) is 6.04. The van der Waals surface area contributed by atoms with Gasteiger partial charge in [-0.2, -0.15) is 8.42 Å². The number of benzene rings is 3. The second-order valence-corrected chi connectivity index (χ2v) is 6.03. The molecule has 3 aromatic rings. The van der Waals surface area contributed by atoms with Crippen molar-refractivity contribution in [1.82, 2.24) is 0 Å². The average Bonchev–Trinajstić information content (AvgIpc) is 2.42. The van der Waals surface area contributed by atoms with Gasteiger partial charge in [-0.25, -0.2) is 4.79 Å². The Morgan fingerprint density at radius 1 is 0.905 bits per heavy atom. The number of carboxylic acid groups (broad SMARTS) is 1. The molecular weight excluding hydrogens is 292 g/mol. The van der Waals surface area contributed by atoms with E-state index in [0.29, 0.717) is 5.39 Å². The summed E-state index contributed by atoms with van der Waals surface area (Å²) < 4.78 is 31.9. The van der Waals surface area contributed by atoms with Crippen molar-refractivity contribution in [2.24, 2.45) is 0 Å². The molecule has 0 radical (unpaired) electrons. The first kappa shape index (κ1) is 13.5. The molecule has 3 rings (SSSR count). The maximum absolute atomic E-state index is 11.4. The van der Waals surface area contributed by atoms with Crippen LogP contribution in [0.15, 0.2) is 53.4 Å². The lowest BCUT2D eigenvalue weighted by Crippen LogP contribution is -2.08. The van der Waals surface area contributed by atoms with Crippen LogP contribution in [0.2, 0.25) is 0 Å². The molecule has 0 aromatic heterocycles. The van der Waals surface area contributed by atoms with E-state index in [-0.39, 0.29) is 5.39 Å². The topological polar surface area (TPSA) is 91.7 Å². The molecule has 106 valence electrons. The smallest absolute Gasteiger partial charge is 0.337 e. The zero-order valence-corrected chi connectivity index (χ0v) is 11.5. The van der Waals surface area contributed by atoms with Crippen molar-refractivity contribution in [2.75, 3.05) is 0 Å². The van der Waals surface area contributed by atoms with Crippen LogP contribution >= 0.6 is 0 Å². The molecule has 0 saturated heterocycles. The van der Waals surface area contributed by atoms with Crippen molar-refractivity contribution in [3.8, 4) is 0 Å². The minimum Gasteiger partial charge on any atom is -0.478 e. The number of rotatable bonds is 2. The number of carbonyl (C=O) groups is 1. The minimum atomic E-state index is -4.60. The van der Waals surface area contributed by atoms with Crippen molar-refractivity contribution < 1.29 is 22.9 Å². The summed E-state index contributed by atoms with van der Waals surface area (Å²) in [4.78, 5) is 10.8. The molecule has 0 aliphatic rings. The van der Waals surface area contributed by atoms with Crippen LogP contribution < -0.4 is 0 Å². The predicted molar refractivity (Wildman–Crippen MR) is 78.2 cm³/mol. The molecule has 0 heterocycles. The van der Waals surface area contributed by atoms with E-state index in [0.717, 1.165) is 16.8 Å². The van der Waals surface area contributed by atoms with E-state index < -0.39 is 26.5 Å². The number of hydrogen-bond donors (Lipinski definition) is 2. The summed E-state index contributed by atoms with van der Waals surface area (Å²) in [6.45, 7) is 0. The molecule has 0 aliphatic carbocycles. The van der Waals surface area contributed by atoms with E-state index in [9.17, 15) is 22.9 Å². The lowest BCUT2D eigenvalue weighted by molar-refractivity contribution is 0.0694. The summed E-state index contributed by atoms with van der Waals surface area (Å²) in [7, 11) is -4.60. The second-order valence-electron chi connectivity index (χ2n) is 4.64. The molecule has 0 saturated carbocycles. The molecule has 6 heteroatoms. The molecule has 2 N–H and O–H groups in total. The van der Waals surface area contributed by atoms with Gasteiger partial charge in [0.2, 0.25) is 0 Å². The fourth-order valence-corrected chi connectivity index (χ4v) is 3.12. The molecule has 5 nitrogen and oxygen atoms in total. The number of carboxylic acids is 1. The number of hydrogen-bond acceptors (Lipinski definition) is 3. The molecule has 0 atom stereocenters. The summed E-state index contributed by atoms with van der Waals surface area (Å²) in [6.07, 6.45) is 0. The van der Waals surface area contributed by atoms with Gasteiger partial charge in [-0.05, 0) is 39.7 Å². The normalized spacial score (nSPS) is 11.9. The van der Waals surface area contributed by atoms with Crippen LogP contribution in [-0.4, -0.2) is 24.0 Å². The molecule has 0 bridgehead atoms. The van der Waals surface area contributed by atoms with E-state index >= 15 is 0 Å². The molecule has 0 amide bonds. The van der Waals surface area contributed by atoms with Crippen LogP contribution in [0, 0.1) is 0 Å². The summed E-state index contributed by atoms with van der Waals surface area (Å²) >= 11 is 0. The van der Waals surface area contributed by atoms with Gasteiger partial charge < -0.3 is 5.11 Å². The highest BCUT2D eigenvalue weighted by atomic mass is 32.2. The van der Waals surface area contributed by atoms with Gasteiger partial charge in [0.1, 0.15) is 4.90 Å². The van der Waals surface area contributed by atoms with Crippen LogP contribution in [0.1, 0.15) is 10.4 Å². The maximum Gasteiger partial charge on any atom is 0.337 e. The quantitative estimate of drug-likeness (QED) is 0.561. The van der Waals surface area contributed by atoms with Crippen molar-refractivity contribution in [2.45, 2.75) is 4.90 Å². The largest absolute Gasteiger partial charge is 0.478 e. The second kappa shape index (κ2) is 4.54. The zero-order valence-electron chi connectivity index (χ0n) is 10.6. The highest BCUT2D eigenvalue weighted by Gasteiger charge is 2.22. The van der Waals surface area contributed by atoms with Gasteiger partial charge in [0.25, 0.3) is 10.1 Å². The third-order valence-electron chi connectivity index (χ3n) is 3.34. The Bertz CT molecular complexity index is 990. The van der Waals surface area contributed by atoms with Crippen LogP contribution in [0.4, 0.5) is 0 Å². The third-order valence-corrected chi connectivity index (χ3v) is 4.24. The lowest BCUT2D eigenvalue weighted by atomic mass is 10.00. The molecule has 21 heavy (non-hydrogen) atoms. The van der Waals surface area contributed by atoms with E-state index in [4.69, 9.17) is 0 Å². The zero-order chi connectivity index (χ0) is 15.2. The van der Waals surface area contributed by atoms with Crippen LogP contribution in [0.5, 0.6) is 0 Å². The van der Waals surface area contributed by atoms with E-state index in [1.165, 1.54) is 6.07 Å². The Kier molecular flexibility index (Phi) is 2.93. The molecular formula is C15H10O5S. The highest BCUT2D eigenvalue weighted by molar-refractivity contribution is 7.86. The fourth-order valence-electron chi connectivity index (χ4n) is 2.43. The molecule has 0 spiro atoms. The van der Waals surface area contributed by atoms with E-state index in [2.05, 4.69) is 0 Å². The Hall–Kier alpha value is -2.44. The van der Waals surface area contributed by atoms with E-state index in [1.807, 2.05) is 12.1 Å². The summed E-state index contributed by atoms with van der Waals surface area (Å²) in [5.41, 5.74) is -0.416. The predicted octanol–water partition coefficient (Wildman–Crippen LogP) is 2.94. The Balaban J connectivity index is 2.53. The van der Waals surface area contributed by atoms with Crippen LogP contribution in [-0.2, 0) is 10.1 Å². The lowest BCUT2D eigenvalue weighted by Gasteiger charge is -2.09. The van der Waals surface area contributed by atoms with Gasteiger partial charge in [0.15, 0.2) is 0 Å². The maximum atomic E-state index is 11.4. The summed E-state index contributed by atoms with van der Waals surface area (Å²) in [5, 5.41) is 11.9. The third kappa shape index (κ3) is 2.24. The van der Waals surface area contributed by atoms with Gasteiger partial charge in [-0.15, -0.1) is 0 Å². The molecule has 3 aromatic carbocycles. The van der Waals surface area contributed by atoms with Crippen molar-refractivity contribution in [1.29, 1.82) is 0 Å². The number of aromatic carboxylic acids is 1. The average molecular weight is 302 g/mol. The molecule has 0 aliphatic heterocycles. The Morgan fingerprint density at radius 2 is 1.52 bits per heavy atom. The minimum absolute atomic E-state index is 0.274. The first-order valence-corrected chi connectivity index (χ1v) is 7.48.